The molecule has 0 amide bonds. The Balaban J connectivity index is 2.33. The summed E-state index contributed by atoms with van der Waals surface area (Å²) >= 11 is 3.89. The fourth-order valence-corrected chi connectivity index (χ4v) is 3.83. The third-order valence-electron chi connectivity index (χ3n) is 4.26. The molecule has 2 aromatic rings. The van der Waals surface area contributed by atoms with Gasteiger partial charge in [-0.1, -0.05) is 69.9 Å². The second-order valence-corrected chi connectivity index (χ2v) is 6.76. The van der Waals surface area contributed by atoms with Crippen molar-refractivity contribution in [3.8, 4) is 0 Å². The van der Waals surface area contributed by atoms with Gasteiger partial charge in [-0.05, 0) is 63.5 Å². The van der Waals surface area contributed by atoms with Gasteiger partial charge < -0.3 is 0 Å². The summed E-state index contributed by atoms with van der Waals surface area (Å²) in [6.07, 6.45) is 10.3. The lowest BCUT2D eigenvalue weighted by atomic mass is 9.93. The fourth-order valence-electron chi connectivity index (χ4n) is 3.01. The molecule has 0 aliphatic heterocycles. The van der Waals surface area contributed by atoms with Crippen LogP contribution in [0.5, 0.6) is 0 Å². The van der Waals surface area contributed by atoms with Gasteiger partial charge in [0.25, 0.3) is 0 Å². The molecule has 0 radical (unpaired) electrons. The van der Waals surface area contributed by atoms with Gasteiger partial charge in [0.15, 0.2) is 0 Å². The molecular weight excluding hydrogens is 320 g/mol. The van der Waals surface area contributed by atoms with E-state index < -0.39 is 0 Å². The highest BCUT2D eigenvalue weighted by Crippen LogP contribution is 2.32. The van der Waals surface area contributed by atoms with Crippen LogP contribution in [-0.4, -0.2) is 0 Å². The summed E-state index contributed by atoms with van der Waals surface area (Å²) in [7, 11) is 0. The molecular formula is C20H27Br. The van der Waals surface area contributed by atoms with Crippen molar-refractivity contribution in [3.05, 3.63) is 45.9 Å². The molecule has 21 heavy (non-hydrogen) atoms. The Morgan fingerprint density at radius 2 is 1.52 bits per heavy atom. The zero-order valence-corrected chi connectivity index (χ0v) is 15.0. The SMILES string of the molecule is CCCCCc1cc2ccccc2c(Br)c1CCCCC. The van der Waals surface area contributed by atoms with E-state index in [-0.39, 0.29) is 0 Å². The van der Waals surface area contributed by atoms with Crippen molar-refractivity contribution >= 4 is 26.7 Å². The zero-order valence-electron chi connectivity index (χ0n) is 13.4. The predicted octanol–water partition coefficient (Wildman–Crippen LogP) is 7.07. The highest BCUT2D eigenvalue weighted by atomic mass is 79.9. The number of hydrogen-bond donors (Lipinski definition) is 0. The van der Waals surface area contributed by atoms with Crippen LogP contribution in [0.2, 0.25) is 0 Å². The largest absolute Gasteiger partial charge is 0.0654 e. The molecule has 2 aromatic carbocycles. The van der Waals surface area contributed by atoms with E-state index in [1.54, 1.807) is 11.1 Å². The van der Waals surface area contributed by atoms with Crippen molar-refractivity contribution in [3.63, 3.8) is 0 Å². The summed E-state index contributed by atoms with van der Waals surface area (Å²) in [5.74, 6) is 0. The second kappa shape index (κ2) is 8.58. The lowest BCUT2D eigenvalue weighted by Gasteiger charge is -2.15. The molecule has 0 N–H and O–H groups in total. The average Bonchev–Trinajstić information content (AvgIpc) is 2.50. The van der Waals surface area contributed by atoms with Gasteiger partial charge in [0, 0.05) is 4.47 Å². The lowest BCUT2D eigenvalue weighted by molar-refractivity contribution is 0.693. The molecule has 0 aromatic heterocycles. The summed E-state index contributed by atoms with van der Waals surface area (Å²) in [6.45, 7) is 4.55. The van der Waals surface area contributed by atoms with Crippen molar-refractivity contribution in [1.82, 2.24) is 0 Å². The number of fused-ring (bicyclic) bond motifs is 1. The summed E-state index contributed by atoms with van der Waals surface area (Å²) in [5.41, 5.74) is 3.11. The third-order valence-corrected chi connectivity index (χ3v) is 5.17. The molecule has 0 nitrogen and oxygen atoms in total. The number of rotatable bonds is 8. The van der Waals surface area contributed by atoms with E-state index in [0.29, 0.717) is 0 Å². The minimum Gasteiger partial charge on any atom is -0.0654 e. The first-order valence-electron chi connectivity index (χ1n) is 8.47. The first kappa shape index (κ1) is 16.5. The molecule has 0 heterocycles. The summed E-state index contributed by atoms with van der Waals surface area (Å²) in [6, 6.07) is 11.2. The Labute approximate surface area is 138 Å². The van der Waals surface area contributed by atoms with E-state index in [9.17, 15) is 0 Å². The van der Waals surface area contributed by atoms with Gasteiger partial charge in [-0.25, -0.2) is 0 Å². The molecule has 0 spiro atoms. The van der Waals surface area contributed by atoms with Crippen LogP contribution in [0.15, 0.2) is 34.8 Å². The lowest BCUT2D eigenvalue weighted by Crippen LogP contribution is -1.98. The minimum atomic E-state index is 1.21. The molecule has 1 heteroatoms. The maximum atomic E-state index is 3.89. The molecule has 0 fully saturated rings. The molecule has 0 bridgehead atoms. The quantitative estimate of drug-likeness (QED) is 0.448. The van der Waals surface area contributed by atoms with Crippen LogP contribution in [0.25, 0.3) is 10.8 Å². The number of halogens is 1. The van der Waals surface area contributed by atoms with E-state index in [2.05, 4.69) is 60.1 Å². The molecule has 0 aliphatic carbocycles. The Morgan fingerprint density at radius 3 is 2.24 bits per heavy atom. The van der Waals surface area contributed by atoms with E-state index in [4.69, 9.17) is 0 Å². The van der Waals surface area contributed by atoms with Crippen LogP contribution in [0, 0.1) is 0 Å². The average molecular weight is 347 g/mol. The summed E-state index contributed by atoms with van der Waals surface area (Å²) in [4.78, 5) is 0. The van der Waals surface area contributed by atoms with Crippen molar-refractivity contribution in [1.29, 1.82) is 0 Å². The van der Waals surface area contributed by atoms with Crippen LogP contribution in [-0.2, 0) is 12.8 Å². The Kier molecular flexibility index (Phi) is 6.76. The van der Waals surface area contributed by atoms with Gasteiger partial charge in [0.2, 0.25) is 0 Å². The van der Waals surface area contributed by atoms with Gasteiger partial charge >= 0.3 is 0 Å². The van der Waals surface area contributed by atoms with E-state index in [0.717, 1.165) is 0 Å². The Hall–Kier alpha value is -0.820. The van der Waals surface area contributed by atoms with Crippen molar-refractivity contribution < 1.29 is 0 Å². The van der Waals surface area contributed by atoms with Crippen LogP contribution >= 0.6 is 15.9 Å². The van der Waals surface area contributed by atoms with Crippen LogP contribution < -0.4 is 0 Å². The number of hydrogen-bond acceptors (Lipinski definition) is 0. The summed E-state index contributed by atoms with van der Waals surface area (Å²) < 4.78 is 1.34. The van der Waals surface area contributed by atoms with Gasteiger partial charge in [0.05, 0.1) is 0 Å². The Bertz CT molecular complexity index is 571. The highest BCUT2D eigenvalue weighted by molar-refractivity contribution is 9.10. The predicted molar refractivity (Wildman–Crippen MR) is 98.1 cm³/mol. The smallest absolute Gasteiger partial charge is 0.0288 e. The maximum absolute atomic E-state index is 3.89. The standard InChI is InChI=1S/C20H27Br/c1-3-5-7-11-16-15-17-12-9-10-14-19(17)20(21)18(16)13-8-6-4-2/h9-10,12,14-15H,3-8,11,13H2,1-2H3. The van der Waals surface area contributed by atoms with E-state index in [1.807, 2.05) is 0 Å². The first-order valence-corrected chi connectivity index (χ1v) is 9.26. The second-order valence-electron chi connectivity index (χ2n) is 5.96. The maximum Gasteiger partial charge on any atom is 0.0288 e. The normalized spacial score (nSPS) is 11.2. The fraction of sp³-hybridized carbons (Fsp3) is 0.500. The van der Waals surface area contributed by atoms with Gasteiger partial charge in [0.1, 0.15) is 0 Å². The molecule has 2 rings (SSSR count). The van der Waals surface area contributed by atoms with Crippen LogP contribution in [0.3, 0.4) is 0 Å². The molecule has 0 saturated heterocycles. The highest BCUT2D eigenvalue weighted by Gasteiger charge is 2.11. The van der Waals surface area contributed by atoms with Crippen molar-refractivity contribution in [2.45, 2.75) is 65.2 Å². The molecule has 114 valence electrons. The summed E-state index contributed by atoms with van der Waals surface area (Å²) in [5, 5.41) is 2.73. The van der Waals surface area contributed by atoms with Gasteiger partial charge in [-0.15, -0.1) is 0 Å². The molecule has 0 saturated carbocycles. The Morgan fingerprint density at radius 1 is 0.857 bits per heavy atom. The van der Waals surface area contributed by atoms with E-state index >= 15 is 0 Å². The topological polar surface area (TPSA) is 0 Å². The zero-order chi connectivity index (χ0) is 15.1. The molecule has 0 aliphatic rings. The monoisotopic (exact) mass is 346 g/mol. The molecule has 0 unspecified atom stereocenters. The van der Waals surface area contributed by atoms with E-state index in [1.165, 1.54) is 66.6 Å². The third kappa shape index (κ3) is 4.32. The van der Waals surface area contributed by atoms with Crippen molar-refractivity contribution in [2.24, 2.45) is 0 Å². The van der Waals surface area contributed by atoms with Gasteiger partial charge in [-0.3, -0.25) is 0 Å². The minimum absolute atomic E-state index is 1.21. The van der Waals surface area contributed by atoms with Crippen LogP contribution in [0.1, 0.15) is 63.5 Å². The molecule has 0 atom stereocenters. The number of unbranched alkanes of at least 4 members (excludes halogenated alkanes) is 4. The number of aryl methyl sites for hydroxylation is 1. The van der Waals surface area contributed by atoms with Crippen LogP contribution in [0.4, 0.5) is 0 Å². The van der Waals surface area contributed by atoms with Crippen molar-refractivity contribution in [2.75, 3.05) is 0 Å². The first-order chi connectivity index (χ1) is 10.3. The van der Waals surface area contributed by atoms with Gasteiger partial charge in [-0.2, -0.15) is 0 Å². The number of benzene rings is 2.